The van der Waals surface area contributed by atoms with Crippen molar-refractivity contribution in [3.05, 3.63) is 95.1 Å². The maximum Gasteiger partial charge on any atom is 0.524 e. The summed E-state index contributed by atoms with van der Waals surface area (Å²) in [6.07, 6.45) is -2.78. The molecule has 0 fully saturated rings. The van der Waals surface area contributed by atoms with E-state index in [-0.39, 0.29) is 25.2 Å². The molecule has 286 valence electrons. The number of phosphoric ester groups is 1. The molecule has 0 aromatic heterocycles. The Morgan fingerprint density at radius 1 is 0.811 bits per heavy atom. The van der Waals surface area contributed by atoms with Crippen molar-refractivity contribution in [2.45, 2.75) is 56.6 Å². The molecule has 0 spiro atoms. The van der Waals surface area contributed by atoms with Gasteiger partial charge in [0, 0.05) is 18.5 Å². The van der Waals surface area contributed by atoms with Gasteiger partial charge < -0.3 is 52.2 Å². The second-order valence-electron chi connectivity index (χ2n) is 12.2. The third-order valence-corrected chi connectivity index (χ3v) is 8.67. The largest absolute Gasteiger partial charge is 0.524 e. The first-order valence-electron chi connectivity index (χ1n) is 15.6. The van der Waals surface area contributed by atoms with E-state index in [9.17, 15) is 42.9 Å². The van der Waals surface area contributed by atoms with Crippen LogP contribution in [0.1, 0.15) is 35.6 Å². The van der Waals surface area contributed by atoms with Gasteiger partial charge in [0.25, 0.3) is 0 Å². The maximum absolute atomic E-state index is 14.1. The minimum absolute atomic E-state index is 0.206. The summed E-state index contributed by atoms with van der Waals surface area (Å²) >= 11 is 0. The van der Waals surface area contributed by atoms with E-state index >= 15 is 0 Å². The maximum atomic E-state index is 14.1. The van der Waals surface area contributed by atoms with Crippen molar-refractivity contribution in [1.82, 2.24) is 16.0 Å². The summed E-state index contributed by atoms with van der Waals surface area (Å²) in [6, 6.07) is 14.3. The standard InChI is InChI=1S/C32H40N6O13P2/c1-32(16-20-5-7-21(8-6-20)18-52(44,45)46,38-31(43)50-17-22-3-2-4-23(33)13-22)30(42)37-26(29(41)36-25(28(35)40)15-27(34)39)14-19-9-11-24(12-10-19)51-53(47,48)49/h2-13,25-26H,14-18,33H2,1H3,(H2,34,39)(H2,35,40)(H,36,41)(H,37,42)(H,38,43)(H2,44,45,46)(H2,47,48,49)/t25-,26-,32-/m0/s1. The van der Waals surface area contributed by atoms with Crippen molar-refractivity contribution < 1.29 is 61.9 Å². The summed E-state index contributed by atoms with van der Waals surface area (Å²) in [5, 5.41) is 7.34. The molecule has 53 heavy (non-hydrogen) atoms. The predicted molar refractivity (Wildman–Crippen MR) is 188 cm³/mol. The highest BCUT2D eigenvalue weighted by Crippen LogP contribution is 2.39. The average Bonchev–Trinajstić information content (AvgIpc) is 3.03. The fraction of sp³-hybridized carbons (Fsp3) is 0.281. The van der Waals surface area contributed by atoms with Crippen LogP contribution in [0.25, 0.3) is 0 Å². The number of amides is 5. The number of carbonyl (C=O) groups excluding carboxylic acids is 5. The molecule has 3 aromatic carbocycles. The SMILES string of the molecule is C[C@@](Cc1ccc(CP(=O)(O)O)cc1)(NC(=O)OCc1cccc(N)c1)C(=O)N[C@@H](Cc1ccc(OP(=O)(O)O)cc1)C(=O)N[C@@H](CC(N)=O)C(N)=O. The van der Waals surface area contributed by atoms with Crippen LogP contribution in [0.15, 0.2) is 72.8 Å². The number of anilines is 1. The van der Waals surface area contributed by atoms with Crippen LogP contribution in [-0.4, -0.2) is 66.9 Å². The lowest BCUT2D eigenvalue weighted by Crippen LogP contribution is -2.62. The Morgan fingerprint density at radius 2 is 1.42 bits per heavy atom. The molecule has 0 heterocycles. The van der Waals surface area contributed by atoms with Gasteiger partial charge in [-0.15, -0.1) is 0 Å². The molecule has 0 aliphatic rings. The molecular weight excluding hydrogens is 738 g/mol. The van der Waals surface area contributed by atoms with Gasteiger partial charge in [0.1, 0.15) is 30.0 Å². The van der Waals surface area contributed by atoms with Crippen molar-refractivity contribution in [3.8, 4) is 5.75 Å². The number of phosphoric acid groups is 1. The third kappa shape index (κ3) is 14.7. The van der Waals surface area contributed by atoms with Crippen LogP contribution in [0.4, 0.5) is 10.5 Å². The number of rotatable bonds is 18. The Labute approximate surface area is 303 Å². The molecule has 21 heteroatoms. The van der Waals surface area contributed by atoms with Gasteiger partial charge in [-0.05, 0) is 53.4 Å². The lowest BCUT2D eigenvalue weighted by molar-refractivity contribution is -0.134. The van der Waals surface area contributed by atoms with Gasteiger partial charge in [-0.2, -0.15) is 0 Å². The van der Waals surface area contributed by atoms with E-state index in [0.717, 1.165) is 0 Å². The summed E-state index contributed by atoms with van der Waals surface area (Å²) in [5.74, 6) is -4.20. The molecule has 13 N–H and O–H groups in total. The molecule has 0 saturated heterocycles. The van der Waals surface area contributed by atoms with Crippen LogP contribution >= 0.6 is 15.4 Å². The van der Waals surface area contributed by atoms with Crippen molar-refractivity contribution in [2.75, 3.05) is 5.73 Å². The van der Waals surface area contributed by atoms with E-state index in [1.54, 1.807) is 24.3 Å². The number of nitrogens with two attached hydrogens (primary N) is 3. The molecule has 19 nitrogen and oxygen atoms in total. The molecule has 3 aromatic rings. The zero-order valence-electron chi connectivity index (χ0n) is 28.2. The summed E-state index contributed by atoms with van der Waals surface area (Å²) < 4.78 is 32.6. The molecule has 0 saturated carbocycles. The van der Waals surface area contributed by atoms with E-state index < -0.39 is 75.3 Å². The van der Waals surface area contributed by atoms with Crippen molar-refractivity contribution >= 4 is 50.8 Å². The molecule has 3 rings (SSSR count). The lowest BCUT2D eigenvalue weighted by atomic mass is 9.90. The van der Waals surface area contributed by atoms with E-state index in [0.29, 0.717) is 27.9 Å². The summed E-state index contributed by atoms with van der Waals surface area (Å²) in [4.78, 5) is 101. The number of carbonyl (C=O) groups is 5. The highest BCUT2D eigenvalue weighted by molar-refractivity contribution is 7.50. The van der Waals surface area contributed by atoms with Crippen molar-refractivity contribution in [1.29, 1.82) is 0 Å². The van der Waals surface area contributed by atoms with Crippen LogP contribution in [0, 0.1) is 0 Å². The van der Waals surface area contributed by atoms with Crippen molar-refractivity contribution in [3.63, 3.8) is 0 Å². The Hall–Kier alpha value is -5.29. The van der Waals surface area contributed by atoms with Crippen LogP contribution in [0.5, 0.6) is 5.75 Å². The molecule has 3 atom stereocenters. The van der Waals surface area contributed by atoms with Gasteiger partial charge in [0.2, 0.25) is 23.6 Å². The fourth-order valence-electron chi connectivity index (χ4n) is 4.97. The zero-order chi connectivity index (χ0) is 39.6. The molecular formula is C32H40N6O13P2. The number of nitrogens with one attached hydrogen (secondary N) is 3. The van der Waals surface area contributed by atoms with Gasteiger partial charge in [-0.1, -0.05) is 48.5 Å². The van der Waals surface area contributed by atoms with E-state index in [1.807, 2.05) is 0 Å². The van der Waals surface area contributed by atoms with Gasteiger partial charge in [-0.25, -0.2) is 9.36 Å². The lowest BCUT2D eigenvalue weighted by Gasteiger charge is -2.32. The number of primary amides is 2. The zero-order valence-corrected chi connectivity index (χ0v) is 30.0. The van der Waals surface area contributed by atoms with E-state index in [1.165, 1.54) is 55.5 Å². The summed E-state index contributed by atoms with van der Waals surface area (Å²) in [6.45, 7) is 1.10. The van der Waals surface area contributed by atoms with E-state index in [2.05, 4.69) is 20.5 Å². The first-order chi connectivity index (χ1) is 24.6. The fourth-order valence-corrected chi connectivity index (χ4v) is 6.05. The molecule has 5 amide bonds. The number of alkyl carbamates (subject to hydrolysis) is 1. The molecule has 0 aliphatic heterocycles. The average molecular weight is 779 g/mol. The molecule has 0 aliphatic carbocycles. The van der Waals surface area contributed by atoms with Crippen LogP contribution in [0.2, 0.25) is 0 Å². The first kappa shape index (κ1) is 42.1. The second kappa shape index (κ2) is 18.0. The van der Waals surface area contributed by atoms with Crippen molar-refractivity contribution in [2.24, 2.45) is 11.5 Å². The second-order valence-corrected chi connectivity index (χ2v) is 15.0. The number of benzene rings is 3. The molecule has 0 unspecified atom stereocenters. The minimum Gasteiger partial charge on any atom is -0.445 e. The number of hydrogen-bond donors (Lipinski definition) is 10. The van der Waals surface area contributed by atoms with E-state index in [4.69, 9.17) is 31.7 Å². The van der Waals surface area contributed by atoms with Gasteiger partial charge >= 0.3 is 21.5 Å². The third-order valence-electron chi connectivity index (χ3n) is 7.44. The topological polar surface area (TPSA) is 333 Å². The predicted octanol–water partition coefficient (Wildman–Crippen LogP) is 0.219. The minimum atomic E-state index is -4.89. The number of hydrogen-bond acceptors (Lipinski definition) is 10. The molecule has 0 bridgehead atoms. The monoisotopic (exact) mass is 778 g/mol. The first-order valence-corrected chi connectivity index (χ1v) is 18.9. The van der Waals surface area contributed by atoms with Crippen LogP contribution in [0.3, 0.4) is 0 Å². The Bertz CT molecular complexity index is 1900. The number of ether oxygens (including phenoxy) is 1. The van der Waals surface area contributed by atoms with Gasteiger partial charge in [0.15, 0.2) is 0 Å². The highest BCUT2D eigenvalue weighted by atomic mass is 31.2. The van der Waals surface area contributed by atoms with Gasteiger partial charge in [0.05, 0.1) is 12.6 Å². The Balaban J connectivity index is 1.95. The number of nitrogen functional groups attached to an aromatic ring is 1. The summed E-state index contributed by atoms with van der Waals surface area (Å²) in [5.41, 5.74) is 16.5. The van der Waals surface area contributed by atoms with Crippen LogP contribution < -0.4 is 37.7 Å². The van der Waals surface area contributed by atoms with Crippen LogP contribution in [-0.2, 0) is 58.7 Å². The Kier molecular flexibility index (Phi) is 14.3. The quantitative estimate of drug-likeness (QED) is 0.0610. The smallest absolute Gasteiger partial charge is 0.445 e. The highest BCUT2D eigenvalue weighted by Gasteiger charge is 2.39. The summed E-state index contributed by atoms with van der Waals surface area (Å²) in [7, 11) is -9.27. The molecule has 0 radical (unpaired) electrons. The van der Waals surface area contributed by atoms with Gasteiger partial charge in [-0.3, -0.25) is 33.5 Å². The Morgan fingerprint density at radius 3 is 1.96 bits per heavy atom. The normalized spacial score (nSPS) is 13.8.